The third kappa shape index (κ3) is 2.65. The molecular weight excluding hydrogens is 305 g/mol. The van der Waals surface area contributed by atoms with Gasteiger partial charge < -0.3 is 4.18 Å². The van der Waals surface area contributed by atoms with Gasteiger partial charge in [-0.15, -0.1) is 0 Å². The summed E-state index contributed by atoms with van der Waals surface area (Å²) in [6, 6.07) is 13.7. The smallest absolute Gasteiger partial charge is 0.342 e. The maximum Gasteiger partial charge on any atom is 0.342 e. The first-order chi connectivity index (χ1) is 10.5. The monoisotopic (exact) mass is 317 g/mol. The molecule has 0 unspecified atom stereocenters. The van der Waals surface area contributed by atoms with E-state index in [4.69, 9.17) is 4.18 Å². The van der Waals surface area contributed by atoms with E-state index in [2.05, 4.69) is 4.98 Å². The zero-order valence-corrected chi connectivity index (χ0v) is 12.5. The van der Waals surface area contributed by atoms with Crippen LogP contribution in [0.15, 0.2) is 59.5 Å². The summed E-state index contributed by atoms with van der Waals surface area (Å²) in [5, 5.41) is 0.742. The minimum Gasteiger partial charge on any atom is -0.377 e. The van der Waals surface area contributed by atoms with Crippen LogP contribution in [0.1, 0.15) is 5.69 Å². The normalized spacial score (nSPS) is 11.5. The van der Waals surface area contributed by atoms with E-state index in [-0.39, 0.29) is 5.75 Å². The highest BCUT2D eigenvalue weighted by atomic mass is 32.2. The standard InChI is InChI=1S/C16H12FNO3S/c1-11-9-10-12-5-4-7-14(16(12)18-11)21-22(19,20)15-8-3-2-6-13(15)17/h2-10H,1H3. The first-order valence-electron chi connectivity index (χ1n) is 6.53. The number of aromatic nitrogens is 1. The minimum atomic E-state index is -4.26. The highest BCUT2D eigenvalue weighted by molar-refractivity contribution is 7.87. The molecule has 0 bridgehead atoms. The molecular formula is C16H12FNO3S. The number of benzene rings is 2. The van der Waals surface area contributed by atoms with E-state index in [1.54, 1.807) is 19.1 Å². The second-order valence-corrected chi connectivity index (χ2v) is 6.26. The summed E-state index contributed by atoms with van der Waals surface area (Å²) >= 11 is 0. The molecule has 0 saturated heterocycles. The Balaban J connectivity index is 2.10. The number of pyridine rings is 1. The lowest BCUT2D eigenvalue weighted by Crippen LogP contribution is -2.12. The number of nitrogens with zero attached hydrogens (tertiary/aromatic N) is 1. The Morgan fingerprint density at radius 1 is 1.00 bits per heavy atom. The second kappa shape index (κ2) is 5.38. The maximum absolute atomic E-state index is 13.7. The zero-order chi connectivity index (χ0) is 15.7. The van der Waals surface area contributed by atoms with Gasteiger partial charge in [0, 0.05) is 11.1 Å². The Morgan fingerprint density at radius 2 is 1.77 bits per heavy atom. The van der Waals surface area contributed by atoms with Crippen LogP contribution in [0, 0.1) is 12.7 Å². The summed E-state index contributed by atoms with van der Waals surface area (Å²) in [5.74, 6) is -0.781. The largest absolute Gasteiger partial charge is 0.377 e. The van der Waals surface area contributed by atoms with E-state index in [0.717, 1.165) is 23.2 Å². The molecule has 0 aliphatic rings. The molecule has 4 nitrogen and oxygen atoms in total. The van der Waals surface area contributed by atoms with Crippen molar-refractivity contribution in [3.8, 4) is 5.75 Å². The van der Waals surface area contributed by atoms with Crippen molar-refractivity contribution in [3.05, 3.63) is 66.1 Å². The average molecular weight is 317 g/mol. The van der Waals surface area contributed by atoms with Crippen molar-refractivity contribution < 1.29 is 17.0 Å². The number of fused-ring (bicyclic) bond motifs is 1. The summed E-state index contributed by atoms with van der Waals surface area (Å²) in [6.45, 7) is 1.79. The van der Waals surface area contributed by atoms with Crippen LogP contribution >= 0.6 is 0 Å². The van der Waals surface area contributed by atoms with E-state index in [1.807, 2.05) is 12.1 Å². The van der Waals surface area contributed by atoms with Crippen molar-refractivity contribution >= 4 is 21.0 Å². The molecule has 112 valence electrons. The molecule has 22 heavy (non-hydrogen) atoms. The molecule has 0 N–H and O–H groups in total. The predicted octanol–water partition coefficient (Wildman–Crippen LogP) is 3.45. The van der Waals surface area contributed by atoms with E-state index in [0.29, 0.717) is 5.52 Å². The lowest BCUT2D eigenvalue weighted by molar-refractivity contribution is 0.478. The van der Waals surface area contributed by atoms with Gasteiger partial charge >= 0.3 is 10.1 Å². The summed E-state index contributed by atoms with van der Waals surface area (Å²) in [4.78, 5) is 3.79. The SMILES string of the molecule is Cc1ccc2cccc(OS(=O)(=O)c3ccccc3F)c2n1. The number of hydrogen-bond donors (Lipinski definition) is 0. The fourth-order valence-corrected chi connectivity index (χ4v) is 3.11. The van der Waals surface area contributed by atoms with Gasteiger partial charge in [0.2, 0.25) is 0 Å². The first kappa shape index (κ1) is 14.5. The molecule has 3 aromatic rings. The zero-order valence-electron chi connectivity index (χ0n) is 11.7. The van der Waals surface area contributed by atoms with Gasteiger partial charge in [0.25, 0.3) is 0 Å². The Labute approximate surface area is 127 Å². The van der Waals surface area contributed by atoms with Gasteiger partial charge in [0.05, 0.1) is 0 Å². The summed E-state index contributed by atoms with van der Waals surface area (Å²) in [7, 11) is -4.26. The molecule has 6 heteroatoms. The van der Waals surface area contributed by atoms with E-state index in [1.165, 1.54) is 18.2 Å². The average Bonchev–Trinajstić information content (AvgIpc) is 2.48. The van der Waals surface area contributed by atoms with Gasteiger partial charge in [-0.1, -0.05) is 30.3 Å². The summed E-state index contributed by atoms with van der Waals surface area (Å²) < 4.78 is 43.3. The van der Waals surface area contributed by atoms with Crippen LogP contribution < -0.4 is 4.18 Å². The molecule has 1 aromatic heterocycles. The van der Waals surface area contributed by atoms with Crippen LogP contribution in [0.2, 0.25) is 0 Å². The molecule has 0 radical (unpaired) electrons. The number of halogens is 1. The van der Waals surface area contributed by atoms with Crippen molar-refractivity contribution in [2.24, 2.45) is 0 Å². The van der Waals surface area contributed by atoms with Crippen molar-refractivity contribution in [3.63, 3.8) is 0 Å². The van der Waals surface area contributed by atoms with Crippen molar-refractivity contribution in [1.29, 1.82) is 0 Å². The molecule has 0 amide bonds. The van der Waals surface area contributed by atoms with E-state index >= 15 is 0 Å². The topological polar surface area (TPSA) is 56.3 Å². The summed E-state index contributed by atoms with van der Waals surface area (Å²) in [5.41, 5.74) is 1.15. The second-order valence-electron chi connectivity index (χ2n) is 4.75. The highest BCUT2D eigenvalue weighted by Crippen LogP contribution is 2.27. The molecule has 1 heterocycles. The molecule has 0 aliphatic heterocycles. The van der Waals surface area contributed by atoms with Gasteiger partial charge in [-0.05, 0) is 31.2 Å². The molecule has 0 spiro atoms. The van der Waals surface area contributed by atoms with Crippen LogP contribution in [0.3, 0.4) is 0 Å². The third-order valence-corrected chi connectivity index (χ3v) is 4.40. The molecule has 0 saturated carbocycles. The van der Waals surface area contributed by atoms with Crippen molar-refractivity contribution in [1.82, 2.24) is 4.98 Å². The van der Waals surface area contributed by atoms with Crippen molar-refractivity contribution in [2.45, 2.75) is 11.8 Å². The van der Waals surface area contributed by atoms with E-state index in [9.17, 15) is 12.8 Å². The van der Waals surface area contributed by atoms with Gasteiger partial charge in [-0.3, -0.25) is 0 Å². The van der Waals surface area contributed by atoms with Gasteiger partial charge in [0.1, 0.15) is 16.2 Å². The quantitative estimate of drug-likeness (QED) is 0.694. The fraction of sp³-hybridized carbons (Fsp3) is 0.0625. The molecule has 0 fully saturated rings. The van der Waals surface area contributed by atoms with Crippen LogP contribution in [0.5, 0.6) is 5.75 Å². The highest BCUT2D eigenvalue weighted by Gasteiger charge is 2.22. The van der Waals surface area contributed by atoms with Gasteiger partial charge in [-0.2, -0.15) is 8.42 Å². The predicted molar refractivity (Wildman–Crippen MR) is 80.7 cm³/mol. The van der Waals surface area contributed by atoms with Crippen molar-refractivity contribution in [2.75, 3.05) is 0 Å². The Hall–Kier alpha value is -2.47. The first-order valence-corrected chi connectivity index (χ1v) is 7.93. The third-order valence-electron chi connectivity index (χ3n) is 3.13. The maximum atomic E-state index is 13.7. The number of para-hydroxylation sites is 1. The van der Waals surface area contributed by atoms with Crippen LogP contribution in [-0.2, 0) is 10.1 Å². The Bertz CT molecular complexity index is 955. The molecule has 0 aliphatic carbocycles. The fourth-order valence-electron chi connectivity index (χ4n) is 2.10. The van der Waals surface area contributed by atoms with Crippen LogP contribution in [0.25, 0.3) is 10.9 Å². The Morgan fingerprint density at radius 3 is 2.55 bits per heavy atom. The number of aryl methyl sites for hydroxylation is 1. The minimum absolute atomic E-state index is 0.0736. The molecule has 2 aromatic carbocycles. The Kier molecular flexibility index (Phi) is 3.54. The summed E-state index contributed by atoms with van der Waals surface area (Å²) in [6.07, 6.45) is 0. The van der Waals surface area contributed by atoms with E-state index < -0.39 is 20.8 Å². The lowest BCUT2D eigenvalue weighted by atomic mass is 10.2. The van der Waals surface area contributed by atoms with Gasteiger partial charge in [0.15, 0.2) is 5.75 Å². The van der Waals surface area contributed by atoms with Gasteiger partial charge in [-0.25, -0.2) is 9.37 Å². The lowest BCUT2D eigenvalue weighted by Gasteiger charge is -2.10. The molecule has 0 atom stereocenters. The molecule has 3 rings (SSSR count). The number of rotatable bonds is 3. The number of hydrogen-bond acceptors (Lipinski definition) is 4. The van der Waals surface area contributed by atoms with Crippen LogP contribution in [-0.4, -0.2) is 13.4 Å². The van der Waals surface area contributed by atoms with Crippen LogP contribution in [0.4, 0.5) is 4.39 Å².